The molecule has 0 unspecified atom stereocenters. The number of nitrogens with one attached hydrogen (secondary N) is 1. The fraction of sp³-hybridized carbons (Fsp3) is 0.300. The summed E-state index contributed by atoms with van der Waals surface area (Å²) in [6, 6.07) is 15.7. The number of nitrogens with zero attached hydrogens (tertiary/aromatic N) is 1. The van der Waals surface area contributed by atoms with Crippen LogP contribution in [0.2, 0.25) is 0 Å². The van der Waals surface area contributed by atoms with Crippen molar-refractivity contribution in [3.8, 4) is 5.75 Å². The topological polar surface area (TPSA) is 50.7 Å². The van der Waals surface area contributed by atoms with Gasteiger partial charge < -0.3 is 4.74 Å². The Bertz CT molecular complexity index is 743. The van der Waals surface area contributed by atoms with Gasteiger partial charge in [0.05, 0.1) is 10.2 Å². The number of amides is 1. The third-order valence-electron chi connectivity index (χ3n) is 3.68. The van der Waals surface area contributed by atoms with Gasteiger partial charge in [-0.1, -0.05) is 57.2 Å². The van der Waals surface area contributed by atoms with Gasteiger partial charge in [0.15, 0.2) is 6.61 Å². The van der Waals surface area contributed by atoms with Crippen molar-refractivity contribution in [3.63, 3.8) is 0 Å². The number of hydrazone groups is 1. The lowest BCUT2D eigenvalue weighted by Crippen LogP contribution is -2.27. The van der Waals surface area contributed by atoms with E-state index in [9.17, 15) is 4.79 Å². The molecule has 2 aromatic rings. The average Bonchev–Trinajstić information content (AvgIpc) is 2.61. The molecule has 132 valence electrons. The minimum absolute atomic E-state index is 0.0895. The summed E-state index contributed by atoms with van der Waals surface area (Å²) in [7, 11) is 0. The lowest BCUT2D eigenvalue weighted by Gasteiger charge is -2.11. The predicted molar refractivity (Wildman–Crippen MR) is 105 cm³/mol. The molecule has 0 aliphatic carbocycles. The fourth-order valence-corrected chi connectivity index (χ4v) is 2.86. The Hall–Kier alpha value is -2.14. The molecule has 0 radical (unpaired) electrons. The van der Waals surface area contributed by atoms with Crippen LogP contribution in [0.3, 0.4) is 0 Å². The van der Waals surface area contributed by atoms with Gasteiger partial charge in [-0.05, 0) is 51.5 Å². The highest BCUT2D eigenvalue weighted by Gasteiger charge is 2.10. The molecule has 4 nitrogen and oxygen atoms in total. The van der Waals surface area contributed by atoms with E-state index in [0.29, 0.717) is 5.75 Å². The van der Waals surface area contributed by atoms with Gasteiger partial charge in [0, 0.05) is 0 Å². The Labute approximate surface area is 157 Å². The highest BCUT2D eigenvalue weighted by Crippen LogP contribution is 2.26. The van der Waals surface area contributed by atoms with Crippen LogP contribution in [0.4, 0.5) is 0 Å². The maximum Gasteiger partial charge on any atom is 0.277 e. The number of carbonyl (C=O) groups excluding carboxylic acids is 1. The first-order chi connectivity index (χ1) is 12.0. The van der Waals surface area contributed by atoms with Crippen molar-refractivity contribution in [2.24, 2.45) is 11.0 Å². The number of hydrogen-bond donors (Lipinski definition) is 1. The number of halogens is 1. The Morgan fingerprint density at radius 2 is 1.92 bits per heavy atom. The minimum atomic E-state index is -0.291. The van der Waals surface area contributed by atoms with Crippen LogP contribution in [-0.2, 0) is 11.2 Å². The van der Waals surface area contributed by atoms with E-state index in [2.05, 4.69) is 33.4 Å². The van der Waals surface area contributed by atoms with Gasteiger partial charge in [0.2, 0.25) is 0 Å². The summed E-state index contributed by atoms with van der Waals surface area (Å²) in [4.78, 5) is 12.1. The second-order valence-electron chi connectivity index (χ2n) is 5.96. The lowest BCUT2D eigenvalue weighted by atomic mass is 10.0. The van der Waals surface area contributed by atoms with E-state index in [1.807, 2.05) is 62.4 Å². The summed E-state index contributed by atoms with van der Waals surface area (Å²) in [6.45, 7) is 6.09. The van der Waals surface area contributed by atoms with Crippen molar-refractivity contribution in [1.82, 2.24) is 5.43 Å². The van der Waals surface area contributed by atoms with Gasteiger partial charge >= 0.3 is 0 Å². The largest absolute Gasteiger partial charge is 0.483 e. The minimum Gasteiger partial charge on any atom is -0.483 e. The predicted octanol–water partition coefficient (Wildman–Crippen LogP) is 4.57. The Morgan fingerprint density at radius 3 is 2.52 bits per heavy atom. The molecule has 2 aromatic carbocycles. The van der Waals surface area contributed by atoms with Crippen molar-refractivity contribution < 1.29 is 9.53 Å². The Kier molecular flexibility index (Phi) is 7.19. The summed E-state index contributed by atoms with van der Waals surface area (Å²) in [5.74, 6) is 0.545. The zero-order chi connectivity index (χ0) is 18.2. The average molecular weight is 403 g/mol. The van der Waals surface area contributed by atoms with E-state index in [4.69, 9.17) is 4.74 Å². The Morgan fingerprint density at radius 1 is 1.20 bits per heavy atom. The van der Waals surface area contributed by atoms with Crippen molar-refractivity contribution >= 4 is 27.5 Å². The van der Waals surface area contributed by atoms with E-state index in [-0.39, 0.29) is 18.4 Å². The molecule has 1 amide bonds. The summed E-state index contributed by atoms with van der Waals surface area (Å²) in [6.07, 6.45) is 0.950. The molecular formula is C20H23BrN2O2. The molecule has 0 fully saturated rings. The summed E-state index contributed by atoms with van der Waals surface area (Å²) in [5, 5.41) is 4.28. The molecule has 2 rings (SSSR count). The van der Waals surface area contributed by atoms with E-state index >= 15 is 0 Å². The lowest BCUT2D eigenvalue weighted by molar-refractivity contribution is -0.123. The smallest absolute Gasteiger partial charge is 0.277 e. The first-order valence-electron chi connectivity index (χ1n) is 8.34. The number of rotatable bonds is 7. The van der Waals surface area contributed by atoms with Crippen LogP contribution in [-0.4, -0.2) is 18.2 Å². The maximum atomic E-state index is 12.1. The van der Waals surface area contributed by atoms with E-state index in [1.54, 1.807) is 0 Å². The van der Waals surface area contributed by atoms with Crippen LogP contribution >= 0.6 is 15.9 Å². The quantitative estimate of drug-likeness (QED) is 0.544. The summed E-state index contributed by atoms with van der Waals surface area (Å²) in [5.41, 5.74) is 5.62. The number of carbonyl (C=O) groups is 1. The molecule has 0 saturated carbocycles. The SMILES string of the molecule is CCc1ccc(OCC(=O)N/N=C(/c2ccccc2)C(C)C)c(Br)c1. The first kappa shape index (κ1) is 19.2. The maximum absolute atomic E-state index is 12.1. The van der Waals surface area contributed by atoms with Gasteiger partial charge in [0.25, 0.3) is 5.91 Å². The molecule has 0 aliphatic rings. The monoisotopic (exact) mass is 402 g/mol. The number of hydrogen-bond acceptors (Lipinski definition) is 3. The normalized spacial score (nSPS) is 11.5. The second-order valence-corrected chi connectivity index (χ2v) is 6.81. The fourth-order valence-electron chi connectivity index (χ4n) is 2.32. The second kappa shape index (κ2) is 9.37. The molecule has 0 bridgehead atoms. The van der Waals surface area contributed by atoms with E-state index < -0.39 is 0 Å². The van der Waals surface area contributed by atoms with Crippen LogP contribution in [0.5, 0.6) is 5.75 Å². The molecule has 25 heavy (non-hydrogen) atoms. The van der Waals surface area contributed by atoms with Crippen molar-refractivity contribution in [3.05, 3.63) is 64.1 Å². The zero-order valence-electron chi connectivity index (χ0n) is 14.8. The van der Waals surface area contributed by atoms with Crippen LogP contribution in [0, 0.1) is 5.92 Å². The molecule has 0 aliphatic heterocycles. The zero-order valence-corrected chi connectivity index (χ0v) is 16.3. The van der Waals surface area contributed by atoms with Crippen LogP contribution in [0.15, 0.2) is 58.1 Å². The standard InChI is InChI=1S/C20H23BrN2O2/c1-4-15-10-11-18(17(21)12-15)25-13-19(24)22-23-20(14(2)3)16-8-6-5-7-9-16/h5-12,14H,4,13H2,1-3H3,(H,22,24)/b23-20+. The van der Waals surface area contributed by atoms with Crippen LogP contribution < -0.4 is 10.2 Å². The molecule has 0 saturated heterocycles. The number of benzene rings is 2. The van der Waals surface area contributed by atoms with E-state index in [0.717, 1.165) is 22.2 Å². The Balaban J connectivity index is 1.97. The van der Waals surface area contributed by atoms with Gasteiger partial charge in [-0.25, -0.2) is 5.43 Å². The molecule has 0 aromatic heterocycles. The molecule has 1 N–H and O–H groups in total. The van der Waals surface area contributed by atoms with Gasteiger partial charge in [-0.15, -0.1) is 0 Å². The number of ether oxygens (including phenoxy) is 1. The van der Waals surface area contributed by atoms with Gasteiger partial charge in [-0.2, -0.15) is 5.10 Å². The molecule has 0 heterocycles. The highest BCUT2D eigenvalue weighted by atomic mass is 79.9. The van der Waals surface area contributed by atoms with Gasteiger partial charge in [0.1, 0.15) is 5.75 Å². The first-order valence-corrected chi connectivity index (χ1v) is 9.13. The van der Waals surface area contributed by atoms with Crippen molar-refractivity contribution in [2.75, 3.05) is 6.61 Å². The van der Waals surface area contributed by atoms with Crippen LogP contribution in [0.25, 0.3) is 0 Å². The third-order valence-corrected chi connectivity index (χ3v) is 4.30. The van der Waals surface area contributed by atoms with Crippen molar-refractivity contribution in [2.45, 2.75) is 27.2 Å². The third kappa shape index (κ3) is 5.71. The molecule has 5 heteroatoms. The van der Waals surface area contributed by atoms with Crippen molar-refractivity contribution in [1.29, 1.82) is 0 Å². The van der Waals surface area contributed by atoms with E-state index in [1.165, 1.54) is 5.56 Å². The number of aryl methyl sites for hydroxylation is 1. The summed E-state index contributed by atoms with van der Waals surface area (Å²) < 4.78 is 6.41. The summed E-state index contributed by atoms with van der Waals surface area (Å²) >= 11 is 3.47. The van der Waals surface area contributed by atoms with Crippen LogP contribution in [0.1, 0.15) is 31.9 Å². The molecule has 0 spiro atoms. The molecule has 0 atom stereocenters. The van der Waals surface area contributed by atoms with Gasteiger partial charge in [-0.3, -0.25) is 4.79 Å². The highest BCUT2D eigenvalue weighted by molar-refractivity contribution is 9.10. The molecular weight excluding hydrogens is 380 g/mol.